The molecule has 0 aliphatic rings. The van der Waals surface area contributed by atoms with E-state index in [2.05, 4.69) is 0 Å². The van der Waals surface area contributed by atoms with E-state index >= 15 is 0 Å². The van der Waals surface area contributed by atoms with E-state index in [-0.39, 0.29) is 15.2 Å². The molecule has 0 unspecified atom stereocenters. The molecule has 132 valence electrons. The van der Waals surface area contributed by atoms with Crippen LogP contribution in [-0.2, 0) is 0 Å². The van der Waals surface area contributed by atoms with E-state index in [0.717, 1.165) is 15.4 Å². The van der Waals surface area contributed by atoms with Crippen LogP contribution in [0.4, 0.5) is 17.1 Å². The first kappa shape index (κ1) is 18.2. The summed E-state index contributed by atoms with van der Waals surface area (Å²) >= 11 is 3.25. The third-order valence-electron chi connectivity index (χ3n) is 3.60. The number of anilines is 2. The quantitative estimate of drug-likeness (QED) is 0.196. The highest BCUT2D eigenvalue weighted by molar-refractivity contribution is 8.16. The van der Waals surface area contributed by atoms with Crippen molar-refractivity contribution in [2.24, 2.45) is 0 Å². The molecule has 0 aliphatic carbocycles. The Morgan fingerprint density at radius 3 is 1.77 bits per heavy atom. The molecule has 3 aromatic rings. The Labute approximate surface area is 159 Å². The van der Waals surface area contributed by atoms with Crippen LogP contribution >= 0.6 is 23.5 Å². The first-order chi connectivity index (χ1) is 12.5. The molecule has 0 heterocycles. The van der Waals surface area contributed by atoms with Crippen molar-refractivity contribution >= 4 is 40.6 Å². The Balaban J connectivity index is 1.92. The minimum Gasteiger partial charge on any atom is -0.399 e. The van der Waals surface area contributed by atoms with Crippen molar-refractivity contribution in [3.05, 3.63) is 88.5 Å². The van der Waals surface area contributed by atoms with E-state index in [1.807, 2.05) is 54.6 Å². The average molecular weight is 383 g/mol. The molecule has 0 bridgehead atoms. The summed E-state index contributed by atoms with van der Waals surface area (Å²) in [5.74, 6) is 0. The molecule has 3 rings (SSSR count). The smallest absolute Gasteiger partial charge is 0.269 e. The van der Waals surface area contributed by atoms with Gasteiger partial charge in [0.1, 0.15) is 0 Å². The van der Waals surface area contributed by atoms with Gasteiger partial charge in [-0.1, -0.05) is 12.1 Å². The molecule has 4 N–H and O–H groups in total. The van der Waals surface area contributed by atoms with Gasteiger partial charge in [0.15, 0.2) is 0 Å². The Kier molecular flexibility index (Phi) is 5.70. The van der Waals surface area contributed by atoms with Crippen LogP contribution in [0.2, 0.25) is 0 Å². The van der Waals surface area contributed by atoms with Crippen LogP contribution in [0, 0.1) is 10.1 Å². The summed E-state index contributed by atoms with van der Waals surface area (Å²) in [6, 6.07) is 22.0. The number of nitrogens with two attached hydrogens (primary N) is 2. The number of non-ortho nitro benzene ring substituents is 1. The molecule has 5 nitrogen and oxygen atoms in total. The second kappa shape index (κ2) is 8.16. The lowest BCUT2D eigenvalue weighted by atomic mass is 10.2. The third-order valence-corrected chi connectivity index (χ3v) is 6.24. The molecule has 0 atom stereocenters. The number of rotatable bonds is 6. The highest BCUT2D eigenvalue weighted by Gasteiger charge is 2.18. The van der Waals surface area contributed by atoms with Crippen molar-refractivity contribution in [2.75, 3.05) is 11.5 Å². The summed E-state index contributed by atoms with van der Waals surface area (Å²) in [5, 5.41) is 11.1. The SMILES string of the molecule is Nc1ccc(SC(Sc2ccc(N)cc2)c2cccc([N+](=O)[O-])c2)cc1. The predicted octanol–water partition coefficient (Wildman–Crippen LogP) is 5.34. The topological polar surface area (TPSA) is 95.2 Å². The number of hydrogen-bond acceptors (Lipinski definition) is 6. The molecule has 3 aromatic carbocycles. The van der Waals surface area contributed by atoms with Crippen LogP contribution in [0.3, 0.4) is 0 Å². The third kappa shape index (κ3) is 4.71. The van der Waals surface area contributed by atoms with Crippen LogP contribution in [0.25, 0.3) is 0 Å². The molecule has 0 spiro atoms. The second-order valence-electron chi connectivity index (χ2n) is 5.56. The lowest BCUT2D eigenvalue weighted by molar-refractivity contribution is -0.384. The van der Waals surface area contributed by atoms with Gasteiger partial charge in [-0.05, 0) is 54.1 Å². The molecular weight excluding hydrogens is 366 g/mol. The largest absolute Gasteiger partial charge is 0.399 e. The summed E-state index contributed by atoms with van der Waals surface area (Å²) in [5.41, 5.74) is 13.9. The highest BCUT2D eigenvalue weighted by atomic mass is 32.2. The normalized spacial score (nSPS) is 10.8. The fraction of sp³-hybridized carbons (Fsp3) is 0.0526. The fourth-order valence-corrected chi connectivity index (χ4v) is 4.79. The maximum Gasteiger partial charge on any atom is 0.269 e. The van der Waals surface area contributed by atoms with Gasteiger partial charge in [0.25, 0.3) is 5.69 Å². The maximum atomic E-state index is 11.1. The second-order valence-corrected chi connectivity index (χ2v) is 8.21. The summed E-state index contributed by atoms with van der Waals surface area (Å²) in [4.78, 5) is 12.8. The fourth-order valence-electron chi connectivity index (χ4n) is 2.29. The van der Waals surface area contributed by atoms with Gasteiger partial charge in [-0.3, -0.25) is 10.1 Å². The molecule has 0 aliphatic heterocycles. The van der Waals surface area contributed by atoms with Gasteiger partial charge >= 0.3 is 0 Å². The average Bonchev–Trinajstić information content (AvgIpc) is 2.65. The van der Waals surface area contributed by atoms with E-state index in [9.17, 15) is 10.1 Å². The van der Waals surface area contributed by atoms with Crippen LogP contribution in [-0.4, -0.2) is 4.92 Å². The lowest BCUT2D eigenvalue weighted by Gasteiger charge is -2.17. The van der Waals surface area contributed by atoms with E-state index in [0.29, 0.717) is 11.4 Å². The molecule has 0 saturated heterocycles. The summed E-state index contributed by atoms with van der Waals surface area (Å²) in [7, 11) is 0. The Morgan fingerprint density at radius 2 is 1.31 bits per heavy atom. The van der Waals surface area contributed by atoms with Crippen LogP contribution in [0.5, 0.6) is 0 Å². The number of hydrogen-bond donors (Lipinski definition) is 2. The zero-order chi connectivity index (χ0) is 18.5. The number of nitro groups is 1. The van der Waals surface area contributed by atoms with Gasteiger partial charge in [0.2, 0.25) is 0 Å². The van der Waals surface area contributed by atoms with Gasteiger partial charge < -0.3 is 11.5 Å². The van der Waals surface area contributed by atoms with Gasteiger partial charge in [0.05, 0.1) is 9.51 Å². The molecule has 0 amide bonds. The van der Waals surface area contributed by atoms with E-state index in [4.69, 9.17) is 11.5 Å². The van der Waals surface area contributed by atoms with E-state index < -0.39 is 0 Å². The van der Waals surface area contributed by atoms with Gasteiger partial charge in [-0.25, -0.2) is 0 Å². The van der Waals surface area contributed by atoms with Crippen molar-refractivity contribution < 1.29 is 4.92 Å². The molecule has 0 fully saturated rings. The summed E-state index contributed by atoms with van der Waals surface area (Å²) in [6.07, 6.45) is 0. The lowest BCUT2D eigenvalue weighted by Crippen LogP contribution is -1.94. The molecule has 7 heteroatoms. The zero-order valence-corrected chi connectivity index (χ0v) is 15.4. The zero-order valence-electron chi connectivity index (χ0n) is 13.7. The molecule has 0 aromatic heterocycles. The number of thioether (sulfide) groups is 2. The molecule has 26 heavy (non-hydrogen) atoms. The Morgan fingerprint density at radius 1 is 0.808 bits per heavy atom. The molecule has 0 radical (unpaired) electrons. The number of nitrogen functional groups attached to an aromatic ring is 2. The first-order valence-electron chi connectivity index (χ1n) is 7.80. The number of nitrogens with zero attached hydrogens (tertiary/aromatic N) is 1. The van der Waals surface area contributed by atoms with Crippen molar-refractivity contribution in [3.8, 4) is 0 Å². The Bertz CT molecular complexity index is 852. The van der Waals surface area contributed by atoms with Crippen molar-refractivity contribution in [1.82, 2.24) is 0 Å². The predicted molar refractivity (Wildman–Crippen MR) is 109 cm³/mol. The minimum atomic E-state index is -0.373. The van der Waals surface area contributed by atoms with Crippen LogP contribution in [0.15, 0.2) is 82.6 Å². The van der Waals surface area contributed by atoms with Crippen molar-refractivity contribution in [2.45, 2.75) is 14.4 Å². The van der Waals surface area contributed by atoms with Crippen molar-refractivity contribution in [3.63, 3.8) is 0 Å². The Hall–Kier alpha value is -2.64. The first-order valence-corrected chi connectivity index (χ1v) is 9.56. The van der Waals surface area contributed by atoms with Crippen molar-refractivity contribution in [1.29, 1.82) is 0 Å². The van der Waals surface area contributed by atoms with Gasteiger partial charge in [-0.2, -0.15) is 0 Å². The molecule has 0 saturated carbocycles. The van der Waals surface area contributed by atoms with E-state index in [1.165, 1.54) is 6.07 Å². The maximum absolute atomic E-state index is 11.1. The number of benzene rings is 3. The van der Waals surface area contributed by atoms with Crippen LogP contribution in [0.1, 0.15) is 10.1 Å². The summed E-state index contributed by atoms with van der Waals surface area (Å²) < 4.78 is -0.0536. The van der Waals surface area contributed by atoms with Gasteiger partial charge in [0, 0.05) is 33.3 Å². The molecular formula is C19H17N3O2S2. The van der Waals surface area contributed by atoms with E-state index in [1.54, 1.807) is 35.7 Å². The highest BCUT2D eigenvalue weighted by Crippen LogP contribution is 2.47. The monoisotopic (exact) mass is 383 g/mol. The number of nitro benzene ring substituents is 1. The standard InChI is InChI=1S/C19H17N3O2S2/c20-14-4-8-17(9-5-14)25-19(26-18-10-6-15(21)7-11-18)13-2-1-3-16(12-13)22(23)24/h1-12,19H,20-21H2. The van der Waals surface area contributed by atoms with Crippen LogP contribution < -0.4 is 11.5 Å². The summed E-state index contributed by atoms with van der Waals surface area (Å²) in [6.45, 7) is 0. The minimum absolute atomic E-state index is 0.0536. The van der Waals surface area contributed by atoms with Gasteiger partial charge in [-0.15, -0.1) is 23.5 Å².